The van der Waals surface area contributed by atoms with Gasteiger partial charge in [-0.1, -0.05) is 29.5 Å². The Morgan fingerprint density at radius 2 is 1.86 bits per heavy atom. The number of aryl methyl sites for hydroxylation is 1. The van der Waals surface area contributed by atoms with Gasteiger partial charge in [0, 0.05) is 45.1 Å². The Bertz CT molecular complexity index is 1620. The lowest BCUT2D eigenvalue weighted by molar-refractivity contribution is 0.331. The van der Waals surface area contributed by atoms with Gasteiger partial charge in [-0.05, 0) is 71.0 Å². The lowest BCUT2D eigenvalue weighted by Gasteiger charge is -2.25. The first-order valence-electron chi connectivity index (χ1n) is 11.8. The molecule has 186 valence electrons. The number of hydrogen-bond donors (Lipinski definition) is 2. The molecule has 10 heteroatoms. The fraction of sp³-hybridized carbons (Fsp3) is 0.185. The van der Waals surface area contributed by atoms with Gasteiger partial charge in [0.15, 0.2) is 5.13 Å². The van der Waals surface area contributed by atoms with Gasteiger partial charge >= 0.3 is 0 Å². The van der Waals surface area contributed by atoms with E-state index >= 15 is 0 Å². The summed E-state index contributed by atoms with van der Waals surface area (Å²) in [6.07, 6.45) is 2.59. The van der Waals surface area contributed by atoms with Gasteiger partial charge in [-0.3, -0.25) is 0 Å². The quantitative estimate of drug-likeness (QED) is 0.263. The van der Waals surface area contributed by atoms with Crippen LogP contribution < -0.4 is 21.1 Å². The van der Waals surface area contributed by atoms with Crippen molar-refractivity contribution in [1.82, 2.24) is 19.9 Å². The predicted molar refractivity (Wildman–Crippen MR) is 157 cm³/mol. The smallest absolute Gasteiger partial charge is 0.222 e. The van der Waals surface area contributed by atoms with Crippen LogP contribution in [0.2, 0.25) is 0 Å². The molecule has 0 bridgehead atoms. The number of fused-ring (bicyclic) bond motifs is 2. The molecule has 0 fully saturated rings. The van der Waals surface area contributed by atoms with E-state index in [9.17, 15) is 0 Å². The van der Waals surface area contributed by atoms with E-state index in [0.29, 0.717) is 24.8 Å². The van der Waals surface area contributed by atoms with Gasteiger partial charge in [-0.25, -0.2) is 15.0 Å². The Morgan fingerprint density at radius 3 is 2.70 bits per heavy atom. The highest BCUT2D eigenvalue weighted by Gasteiger charge is 2.22. The topological polar surface area (TPSA) is 116 Å². The second-order valence-electron chi connectivity index (χ2n) is 8.97. The maximum atomic E-state index is 6.14. The number of ether oxygens (including phenoxy) is 1. The SMILES string of the molecule is Cc1nc(N)nc(N2CCOc3ccc(-c4cnc5sc(N)nc5c4)cc3C2)c1Cc1ccc(I)cc1. The molecular formula is C27H24IN7OS. The summed E-state index contributed by atoms with van der Waals surface area (Å²) in [6.45, 7) is 3.87. The zero-order chi connectivity index (χ0) is 25.5. The first kappa shape index (κ1) is 23.9. The number of nitrogen functional groups attached to an aromatic ring is 2. The summed E-state index contributed by atoms with van der Waals surface area (Å²) in [5, 5.41) is 0.520. The number of thiazole rings is 1. The highest BCUT2D eigenvalue weighted by molar-refractivity contribution is 14.1. The molecule has 1 aliphatic heterocycles. The lowest BCUT2D eigenvalue weighted by Crippen LogP contribution is -2.28. The Kier molecular flexibility index (Phi) is 6.29. The van der Waals surface area contributed by atoms with Crippen molar-refractivity contribution in [2.75, 3.05) is 29.5 Å². The maximum absolute atomic E-state index is 6.14. The fourth-order valence-corrected chi connectivity index (χ4v) is 5.65. The average Bonchev–Trinajstić information content (AvgIpc) is 3.12. The van der Waals surface area contributed by atoms with Crippen LogP contribution in [-0.4, -0.2) is 33.1 Å². The monoisotopic (exact) mass is 621 g/mol. The van der Waals surface area contributed by atoms with Crippen molar-refractivity contribution in [1.29, 1.82) is 0 Å². The van der Waals surface area contributed by atoms with Crippen molar-refractivity contribution >= 4 is 61.2 Å². The Labute approximate surface area is 231 Å². The van der Waals surface area contributed by atoms with Crippen LogP contribution in [0, 0.1) is 10.5 Å². The maximum Gasteiger partial charge on any atom is 0.222 e. The minimum atomic E-state index is 0.278. The van der Waals surface area contributed by atoms with Crippen LogP contribution in [0.3, 0.4) is 0 Å². The molecule has 0 amide bonds. The number of nitrogens with two attached hydrogens (primary N) is 2. The largest absolute Gasteiger partial charge is 0.491 e. The van der Waals surface area contributed by atoms with Crippen LogP contribution in [0.1, 0.15) is 22.4 Å². The van der Waals surface area contributed by atoms with E-state index in [1.165, 1.54) is 20.5 Å². The van der Waals surface area contributed by atoms with Crippen LogP contribution in [0.4, 0.5) is 16.9 Å². The first-order chi connectivity index (χ1) is 17.9. The van der Waals surface area contributed by atoms with Crippen LogP contribution in [0.25, 0.3) is 21.5 Å². The van der Waals surface area contributed by atoms with Gasteiger partial charge < -0.3 is 21.1 Å². The van der Waals surface area contributed by atoms with Gasteiger partial charge in [-0.2, -0.15) is 4.98 Å². The Hall–Kier alpha value is -3.51. The molecule has 37 heavy (non-hydrogen) atoms. The van der Waals surface area contributed by atoms with Crippen LogP contribution in [0.15, 0.2) is 54.7 Å². The third kappa shape index (κ3) is 4.90. The van der Waals surface area contributed by atoms with Crippen molar-refractivity contribution in [3.63, 3.8) is 0 Å². The third-order valence-corrected chi connectivity index (χ3v) is 7.97. The molecule has 4 heterocycles. The molecule has 2 aromatic carbocycles. The number of aromatic nitrogens is 4. The van der Waals surface area contributed by atoms with Gasteiger partial charge in [0.25, 0.3) is 0 Å². The van der Waals surface area contributed by atoms with Crippen molar-refractivity contribution in [2.24, 2.45) is 0 Å². The van der Waals surface area contributed by atoms with E-state index in [-0.39, 0.29) is 5.95 Å². The third-order valence-electron chi connectivity index (χ3n) is 6.44. The molecule has 0 aliphatic carbocycles. The van der Waals surface area contributed by atoms with E-state index in [0.717, 1.165) is 56.3 Å². The van der Waals surface area contributed by atoms with E-state index < -0.39 is 0 Å². The summed E-state index contributed by atoms with van der Waals surface area (Å²) in [7, 11) is 0. The zero-order valence-corrected chi connectivity index (χ0v) is 23.1. The summed E-state index contributed by atoms with van der Waals surface area (Å²) in [5.74, 6) is 2.00. The highest BCUT2D eigenvalue weighted by Crippen LogP contribution is 2.34. The number of pyridine rings is 1. The molecule has 0 spiro atoms. The van der Waals surface area contributed by atoms with E-state index in [4.69, 9.17) is 21.2 Å². The van der Waals surface area contributed by atoms with E-state index in [1.807, 2.05) is 25.3 Å². The fourth-order valence-electron chi connectivity index (χ4n) is 4.63. The van der Waals surface area contributed by atoms with Gasteiger partial charge in [0.2, 0.25) is 5.95 Å². The van der Waals surface area contributed by atoms with Gasteiger partial charge in [0.05, 0.1) is 6.54 Å². The molecule has 4 N–H and O–H groups in total. The summed E-state index contributed by atoms with van der Waals surface area (Å²) < 4.78 is 7.34. The van der Waals surface area contributed by atoms with Gasteiger partial charge in [-0.15, -0.1) is 0 Å². The Morgan fingerprint density at radius 1 is 1.03 bits per heavy atom. The molecule has 5 aromatic rings. The van der Waals surface area contributed by atoms with Crippen LogP contribution >= 0.6 is 33.9 Å². The van der Waals surface area contributed by atoms with Crippen LogP contribution in [-0.2, 0) is 13.0 Å². The van der Waals surface area contributed by atoms with Crippen molar-refractivity contribution in [2.45, 2.75) is 19.9 Å². The summed E-state index contributed by atoms with van der Waals surface area (Å²) >= 11 is 3.71. The number of halogens is 1. The molecule has 0 saturated heterocycles. The standard InChI is InChI=1S/C27H24IN7OS/c1-15-21(10-16-2-5-20(28)6-3-16)24(34-26(29)32-15)35-8-9-36-23-7-4-17(11-19(23)14-35)18-12-22-25(31-13-18)37-27(30)33-22/h2-7,11-13H,8-10,14H2,1H3,(H2,30,33)(H2,29,32,34). The predicted octanol–water partition coefficient (Wildman–Crippen LogP) is 5.22. The van der Waals surface area contributed by atoms with Crippen molar-refractivity contribution in [3.05, 3.63) is 80.7 Å². The molecule has 0 saturated carbocycles. The molecule has 6 rings (SSSR count). The Balaban J connectivity index is 1.36. The number of rotatable bonds is 4. The molecule has 0 unspecified atom stereocenters. The molecule has 3 aromatic heterocycles. The number of anilines is 3. The molecule has 1 aliphatic rings. The summed E-state index contributed by atoms with van der Waals surface area (Å²) in [6, 6.07) is 16.8. The van der Waals surface area contributed by atoms with Gasteiger partial charge in [0.1, 0.15) is 28.5 Å². The number of hydrogen-bond acceptors (Lipinski definition) is 9. The average molecular weight is 622 g/mol. The van der Waals surface area contributed by atoms with Crippen molar-refractivity contribution in [3.8, 4) is 16.9 Å². The second kappa shape index (κ2) is 9.75. The molecular weight excluding hydrogens is 597 g/mol. The number of nitrogens with zero attached hydrogens (tertiary/aromatic N) is 5. The highest BCUT2D eigenvalue weighted by atomic mass is 127. The molecule has 0 radical (unpaired) electrons. The molecule has 8 nitrogen and oxygen atoms in total. The lowest BCUT2D eigenvalue weighted by atomic mass is 10.0. The van der Waals surface area contributed by atoms with E-state index in [1.54, 1.807) is 0 Å². The zero-order valence-electron chi connectivity index (χ0n) is 20.1. The van der Waals surface area contributed by atoms with E-state index in [2.05, 4.69) is 78.8 Å². The summed E-state index contributed by atoms with van der Waals surface area (Å²) in [4.78, 5) is 21.2. The van der Waals surface area contributed by atoms with Crippen molar-refractivity contribution < 1.29 is 4.74 Å². The molecule has 0 atom stereocenters. The summed E-state index contributed by atoms with van der Waals surface area (Å²) in [5.41, 5.74) is 19.1. The van der Waals surface area contributed by atoms with Crippen LogP contribution in [0.5, 0.6) is 5.75 Å². The minimum Gasteiger partial charge on any atom is -0.491 e. The minimum absolute atomic E-state index is 0.278. The first-order valence-corrected chi connectivity index (χ1v) is 13.7. The normalized spacial score (nSPS) is 13.3. The second-order valence-corrected chi connectivity index (χ2v) is 11.2. The number of benzene rings is 2.